The number of carbonyl (C=O) groups is 1. The first-order valence-corrected chi connectivity index (χ1v) is 5.15. The van der Waals surface area contributed by atoms with E-state index in [0.29, 0.717) is 19.8 Å². The van der Waals surface area contributed by atoms with E-state index in [1.165, 1.54) is 0 Å². The molecule has 14 heavy (non-hydrogen) atoms. The molecule has 0 aliphatic carbocycles. The van der Waals surface area contributed by atoms with Crippen LogP contribution >= 0.6 is 0 Å². The molecule has 0 aromatic carbocycles. The first-order chi connectivity index (χ1) is 6.55. The molecule has 82 valence electrons. The number of ether oxygens (including phenoxy) is 1. The predicted octanol–water partition coefficient (Wildman–Crippen LogP) is 0.267. The lowest BCUT2D eigenvalue weighted by atomic mass is 9.98. The third kappa shape index (κ3) is 3.27. The summed E-state index contributed by atoms with van der Waals surface area (Å²) in [5, 5.41) is 3.00. The van der Waals surface area contributed by atoms with Crippen LogP contribution in [0.4, 0.5) is 0 Å². The maximum atomic E-state index is 11.7. The molecule has 1 atom stereocenters. The molecule has 0 spiro atoms. The van der Waals surface area contributed by atoms with Crippen molar-refractivity contribution in [2.75, 3.05) is 19.8 Å². The fourth-order valence-electron chi connectivity index (χ4n) is 1.60. The summed E-state index contributed by atoms with van der Waals surface area (Å²) < 4.78 is 5.17. The molecule has 1 amide bonds. The standard InChI is InChI=1S/C10H20N2O2/c1-10(2,4-5-11)12-9(13)8-3-6-14-7-8/h8H,3-7,11H2,1-2H3,(H,12,13). The second-order valence-corrected chi connectivity index (χ2v) is 4.47. The largest absolute Gasteiger partial charge is 0.381 e. The molecule has 1 aliphatic heterocycles. The second-order valence-electron chi connectivity index (χ2n) is 4.47. The normalized spacial score (nSPS) is 22.4. The Morgan fingerprint density at radius 2 is 2.36 bits per heavy atom. The van der Waals surface area contributed by atoms with E-state index in [2.05, 4.69) is 5.32 Å². The van der Waals surface area contributed by atoms with Crippen LogP contribution in [0.5, 0.6) is 0 Å². The number of amides is 1. The molecular formula is C10H20N2O2. The van der Waals surface area contributed by atoms with E-state index in [1.807, 2.05) is 13.8 Å². The van der Waals surface area contributed by atoms with Gasteiger partial charge in [0.05, 0.1) is 12.5 Å². The van der Waals surface area contributed by atoms with Crippen molar-refractivity contribution in [3.63, 3.8) is 0 Å². The summed E-state index contributed by atoms with van der Waals surface area (Å²) in [6.07, 6.45) is 1.64. The number of carbonyl (C=O) groups excluding carboxylic acids is 1. The topological polar surface area (TPSA) is 64.3 Å². The molecule has 0 aromatic rings. The minimum Gasteiger partial charge on any atom is -0.381 e. The quantitative estimate of drug-likeness (QED) is 0.684. The fraction of sp³-hybridized carbons (Fsp3) is 0.900. The summed E-state index contributed by atoms with van der Waals surface area (Å²) in [6, 6.07) is 0. The van der Waals surface area contributed by atoms with Gasteiger partial charge in [-0.2, -0.15) is 0 Å². The van der Waals surface area contributed by atoms with Gasteiger partial charge in [-0.1, -0.05) is 0 Å². The van der Waals surface area contributed by atoms with Crippen molar-refractivity contribution in [1.29, 1.82) is 0 Å². The van der Waals surface area contributed by atoms with Crippen LogP contribution in [0.3, 0.4) is 0 Å². The minimum atomic E-state index is -0.200. The van der Waals surface area contributed by atoms with E-state index in [1.54, 1.807) is 0 Å². The lowest BCUT2D eigenvalue weighted by Gasteiger charge is -2.27. The zero-order chi connectivity index (χ0) is 10.6. The summed E-state index contributed by atoms with van der Waals surface area (Å²) >= 11 is 0. The third-order valence-electron chi connectivity index (χ3n) is 2.53. The van der Waals surface area contributed by atoms with E-state index < -0.39 is 0 Å². The molecule has 1 heterocycles. The minimum absolute atomic E-state index is 0.0343. The highest BCUT2D eigenvalue weighted by molar-refractivity contribution is 5.79. The van der Waals surface area contributed by atoms with Crippen molar-refractivity contribution in [1.82, 2.24) is 5.32 Å². The molecule has 0 aromatic heterocycles. The van der Waals surface area contributed by atoms with Gasteiger partial charge in [-0.3, -0.25) is 4.79 Å². The van der Waals surface area contributed by atoms with Crippen LogP contribution in [-0.2, 0) is 9.53 Å². The fourth-order valence-corrected chi connectivity index (χ4v) is 1.60. The Kier molecular flexibility index (Phi) is 3.89. The van der Waals surface area contributed by atoms with Gasteiger partial charge < -0.3 is 15.8 Å². The molecule has 0 bridgehead atoms. The maximum absolute atomic E-state index is 11.7. The second kappa shape index (κ2) is 4.75. The van der Waals surface area contributed by atoms with Crippen LogP contribution in [0.1, 0.15) is 26.7 Å². The number of nitrogens with one attached hydrogen (secondary N) is 1. The van der Waals surface area contributed by atoms with Crippen LogP contribution in [0, 0.1) is 5.92 Å². The molecule has 1 unspecified atom stereocenters. The Hall–Kier alpha value is -0.610. The van der Waals surface area contributed by atoms with Crippen molar-refractivity contribution in [3.8, 4) is 0 Å². The average Bonchev–Trinajstić information content (AvgIpc) is 2.53. The van der Waals surface area contributed by atoms with Crippen LogP contribution < -0.4 is 11.1 Å². The number of hydrogen-bond acceptors (Lipinski definition) is 3. The van der Waals surface area contributed by atoms with Crippen molar-refractivity contribution < 1.29 is 9.53 Å². The summed E-state index contributed by atoms with van der Waals surface area (Å²) in [6.45, 7) is 5.84. The highest BCUT2D eigenvalue weighted by Gasteiger charge is 2.27. The Balaban J connectivity index is 2.38. The van der Waals surface area contributed by atoms with Gasteiger partial charge in [0.15, 0.2) is 0 Å². The summed E-state index contributed by atoms with van der Waals surface area (Å²) in [5.74, 6) is 0.132. The number of rotatable bonds is 4. The Morgan fingerprint density at radius 1 is 1.64 bits per heavy atom. The third-order valence-corrected chi connectivity index (χ3v) is 2.53. The molecule has 0 radical (unpaired) electrons. The smallest absolute Gasteiger partial charge is 0.225 e. The lowest BCUT2D eigenvalue weighted by Crippen LogP contribution is -2.47. The van der Waals surface area contributed by atoms with E-state index in [-0.39, 0.29) is 17.4 Å². The van der Waals surface area contributed by atoms with Crippen molar-refractivity contribution in [2.45, 2.75) is 32.2 Å². The zero-order valence-electron chi connectivity index (χ0n) is 9.01. The molecule has 1 saturated heterocycles. The Labute approximate surface area is 85.2 Å². The van der Waals surface area contributed by atoms with Crippen molar-refractivity contribution in [2.24, 2.45) is 11.7 Å². The van der Waals surface area contributed by atoms with Crippen molar-refractivity contribution in [3.05, 3.63) is 0 Å². The highest BCUT2D eigenvalue weighted by atomic mass is 16.5. The first kappa shape index (κ1) is 11.5. The Bertz CT molecular complexity index is 198. The van der Waals surface area contributed by atoms with E-state index in [0.717, 1.165) is 12.8 Å². The van der Waals surface area contributed by atoms with Crippen molar-refractivity contribution >= 4 is 5.91 Å². The SMILES string of the molecule is CC(C)(CCN)NC(=O)C1CCOC1. The molecule has 4 heteroatoms. The average molecular weight is 200 g/mol. The van der Waals surface area contributed by atoms with Crippen LogP contribution in [0.25, 0.3) is 0 Å². The molecule has 1 fully saturated rings. The van der Waals surface area contributed by atoms with Crippen LogP contribution in [-0.4, -0.2) is 31.2 Å². The van der Waals surface area contributed by atoms with Gasteiger partial charge in [-0.25, -0.2) is 0 Å². The van der Waals surface area contributed by atoms with Gasteiger partial charge in [0.25, 0.3) is 0 Å². The van der Waals surface area contributed by atoms with Crippen LogP contribution in [0.15, 0.2) is 0 Å². The van der Waals surface area contributed by atoms with Gasteiger partial charge in [-0.15, -0.1) is 0 Å². The molecule has 4 nitrogen and oxygen atoms in total. The summed E-state index contributed by atoms with van der Waals surface area (Å²) in [5.41, 5.74) is 5.27. The summed E-state index contributed by atoms with van der Waals surface area (Å²) in [7, 11) is 0. The predicted molar refractivity (Wildman–Crippen MR) is 54.8 cm³/mol. The molecule has 0 saturated carbocycles. The first-order valence-electron chi connectivity index (χ1n) is 5.15. The van der Waals surface area contributed by atoms with Gasteiger partial charge in [0, 0.05) is 12.1 Å². The van der Waals surface area contributed by atoms with Gasteiger partial charge in [-0.05, 0) is 33.2 Å². The van der Waals surface area contributed by atoms with E-state index in [9.17, 15) is 4.79 Å². The monoisotopic (exact) mass is 200 g/mol. The number of nitrogens with two attached hydrogens (primary N) is 1. The van der Waals surface area contributed by atoms with E-state index in [4.69, 9.17) is 10.5 Å². The summed E-state index contributed by atoms with van der Waals surface area (Å²) in [4.78, 5) is 11.7. The number of hydrogen-bond donors (Lipinski definition) is 2. The molecule has 1 rings (SSSR count). The molecule has 3 N–H and O–H groups in total. The Morgan fingerprint density at radius 3 is 2.86 bits per heavy atom. The van der Waals surface area contributed by atoms with Gasteiger partial charge >= 0.3 is 0 Å². The zero-order valence-corrected chi connectivity index (χ0v) is 9.01. The lowest BCUT2D eigenvalue weighted by molar-refractivity contribution is -0.126. The highest BCUT2D eigenvalue weighted by Crippen LogP contribution is 2.15. The van der Waals surface area contributed by atoms with Gasteiger partial charge in [0.1, 0.15) is 0 Å². The molecular weight excluding hydrogens is 180 g/mol. The van der Waals surface area contributed by atoms with E-state index >= 15 is 0 Å². The maximum Gasteiger partial charge on any atom is 0.225 e. The van der Waals surface area contributed by atoms with Crippen LogP contribution in [0.2, 0.25) is 0 Å². The van der Waals surface area contributed by atoms with Gasteiger partial charge in [0.2, 0.25) is 5.91 Å². The molecule has 1 aliphatic rings.